The second-order valence-corrected chi connectivity index (χ2v) is 1.29. The topological polar surface area (TPSA) is 52.9 Å². The summed E-state index contributed by atoms with van der Waals surface area (Å²) < 4.78 is 0. The first kappa shape index (κ1) is 11.7. The van der Waals surface area contributed by atoms with E-state index in [2.05, 4.69) is 5.32 Å². The molecule has 0 saturated heterocycles. The number of hydrogen-bond donors (Lipinski definition) is 1. The quantitative estimate of drug-likeness (QED) is 0.526. The summed E-state index contributed by atoms with van der Waals surface area (Å²) in [5.74, 6) is -0.199. The molecule has 0 aliphatic heterocycles. The normalized spacial score (nSPS) is 6.67. The average molecular weight is 135 g/mol. The third-order valence-electron chi connectivity index (χ3n) is 0.614. The molecule has 0 heterocycles. The zero-order chi connectivity index (χ0) is 6.41. The molecule has 0 aliphatic rings. The summed E-state index contributed by atoms with van der Waals surface area (Å²) in [6.07, 6.45) is -0.0339. The van der Waals surface area contributed by atoms with Crippen LogP contribution in [0.3, 0.4) is 0 Å². The van der Waals surface area contributed by atoms with Crippen LogP contribution in [0.2, 0.25) is 0 Å². The Balaban J connectivity index is 0. The van der Waals surface area contributed by atoms with Crippen molar-refractivity contribution in [1.82, 2.24) is 5.32 Å². The van der Waals surface area contributed by atoms with Gasteiger partial charge in [-0.15, -0.1) is 0 Å². The molecule has 0 fully saturated rings. The minimum Gasteiger partial charge on any atom is -0.355 e. The van der Waals surface area contributed by atoms with Crippen molar-refractivity contribution in [3.8, 4) is 6.07 Å². The van der Waals surface area contributed by atoms with Crippen LogP contribution in [-0.2, 0) is 4.79 Å². The molecule has 0 bridgehead atoms. The summed E-state index contributed by atoms with van der Waals surface area (Å²) in [5, 5.41) is 10.4. The van der Waals surface area contributed by atoms with Gasteiger partial charge in [0.2, 0.25) is 5.91 Å². The van der Waals surface area contributed by atoms with Crippen molar-refractivity contribution in [2.45, 2.75) is 13.3 Å². The molecule has 0 aliphatic carbocycles. The van der Waals surface area contributed by atoms with Crippen molar-refractivity contribution >= 4 is 35.5 Å². The fourth-order valence-electron chi connectivity index (χ4n) is 0.331. The monoisotopic (exact) mass is 135 g/mol. The van der Waals surface area contributed by atoms with Gasteiger partial charge in [0.15, 0.2) is 0 Å². The molecule has 9 heavy (non-hydrogen) atoms. The molecule has 0 saturated carbocycles. The van der Waals surface area contributed by atoms with Crippen LogP contribution in [-0.4, -0.2) is 42.0 Å². The second kappa shape index (κ2) is 7.96. The smallest absolute Gasteiger partial charge is 0.234 e. The van der Waals surface area contributed by atoms with E-state index in [9.17, 15) is 4.79 Å². The Morgan fingerprint density at radius 3 is 2.67 bits per heavy atom. The van der Waals surface area contributed by atoms with Crippen molar-refractivity contribution in [3.63, 3.8) is 0 Å². The summed E-state index contributed by atoms with van der Waals surface area (Å²) in [7, 11) is 0. The molecule has 1 radical (unpaired) electrons. The van der Waals surface area contributed by atoms with E-state index >= 15 is 0 Å². The number of rotatable bonds is 2. The number of carbonyl (C=O) groups is 1. The summed E-state index contributed by atoms with van der Waals surface area (Å²) in [5.41, 5.74) is 0. The zero-order valence-electron chi connectivity index (χ0n) is 5.77. The summed E-state index contributed by atoms with van der Waals surface area (Å²) in [6, 6.07) is 1.74. The van der Waals surface area contributed by atoms with Crippen LogP contribution >= 0.6 is 0 Å². The Labute approximate surface area is 76.7 Å². The largest absolute Gasteiger partial charge is 0.355 e. The van der Waals surface area contributed by atoms with Gasteiger partial charge in [-0.05, 0) is 6.92 Å². The van der Waals surface area contributed by atoms with Gasteiger partial charge >= 0.3 is 0 Å². The average Bonchev–Trinajstić information content (AvgIpc) is 1.68. The van der Waals surface area contributed by atoms with Crippen LogP contribution in [0, 0.1) is 11.3 Å². The minimum atomic E-state index is -0.199. The summed E-state index contributed by atoms with van der Waals surface area (Å²) in [4.78, 5) is 10.3. The van der Waals surface area contributed by atoms with E-state index in [-0.39, 0.29) is 41.9 Å². The maximum atomic E-state index is 10.3. The van der Waals surface area contributed by atoms with E-state index in [1.54, 1.807) is 6.07 Å². The first-order valence-electron chi connectivity index (χ1n) is 2.45. The maximum absolute atomic E-state index is 10.3. The van der Waals surface area contributed by atoms with E-state index in [0.717, 1.165) is 0 Å². The minimum absolute atomic E-state index is 0. The Kier molecular flexibility index (Phi) is 10.4. The number of nitrogens with zero attached hydrogens (tertiary/aromatic N) is 1. The predicted octanol–water partition coefficient (Wildman–Crippen LogP) is -0.345. The first-order chi connectivity index (χ1) is 3.81. The number of nitrogens with one attached hydrogen (secondary N) is 1. The Morgan fingerprint density at radius 2 is 2.33 bits per heavy atom. The third-order valence-corrected chi connectivity index (χ3v) is 0.614. The third kappa shape index (κ3) is 7.96. The summed E-state index contributed by atoms with van der Waals surface area (Å²) >= 11 is 0. The van der Waals surface area contributed by atoms with Crippen LogP contribution in [0.1, 0.15) is 13.3 Å². The van der Waals surface area contributed by atoms with Crippen LogP contribution in [0.15, 0.2) is 0 Å². The molecule has 0 aromatic carbocycles. The van der Waals surface area contributed by atoms with Gasteiger partial charge in [-0.2, -0.15) is 5.26 Å². The molecule has 0 spiro atoms. The van der Waals surface area contributed by atoms with Crippen molar-refractivity contribution in [1.29, 1.82) is 5.26 Å². The van der Waals surface area contributed by atoms with Gasteiger partial charge < -0.3 is 5.32 Å². The molecule has 0 unspecified atom stereocenters. The maximum Gasteiger partial charge on any atom is 0.234 e. The number of nitriles is 1. The van der Waals surface area contributed by atoms with Gasteiger partial charge in [-0.1, -0.05) is 0 Å². The predicted molar refractivity (Wildman–Crippen MR) is 34.7 cm³/mol. The van der Waals surface area contributed by atoms with Gasteiger partial charge in [-0.3, -0.25) is 4.79 Å². The molecule has 1 N–H and O–H groups in total. The summed E-state index contributed by atoms with van der Waals surface area (Å²) in [6.45, 7) is 2.41. The Morgan fingerprint density at radius 1 is 1.78 bits per heavy atom. The van der Waals surface area contributed by atoms with E-state index in [4.69, 9.17) is 5.26 Å². The van der Waals surface area contributed by atoms with Crippen LogP contribution in [0.25, 0.3) is 0 Å². The van der Waals surface area contributed by atoms with Gasteiger partial charge in [0.25, 0.3) is 0 Å². The van der Waals surface area contributed by atoms with E-state index in [0.29, 0.717) is 6.54 Å². The van der Waals surface area contributed by atoms with Crippen LogP contribution < -0.4 is 5.32 Å². The van der Waals surface area contributed by atoms with Crippen molar-refractivity contribution in [3.05, 3.63) is 0 Å². The molecule has 0 aromatic heterocycles. The molecule has 1 amide bonds. The van der Waals surface area contributed by atoms with Gasteiger partial charge in [0.1, 0.15) is 6.42 Å². The Bertz CT molecular complexity index is 119. The fourth-order valence-corrected chi connectivity index (χ4v) is 0.331. The molecular formula is C5H8N2NaO. The molecule has 45 valence electrons. The molecular weight excluding hydrogens is 127 g/mol. The van der Waals surface area contributed by atoms with Crippen molar-refractivity contribution < 1.29 is 4.79 Å². The standard InChI is InChI=1S/C5H8N2O.Na/c1-2-7-5(8)3-4-6;/h2-3H2,1H3,(H,7,8);. The number of carbonyl (C=O) groups excluding carboxylic acids is 1. The van der Waals surface area contributed by atoms with Gasteiger partial charge in [-0.25, -0.2) is 0 Å². The van der Waals surface area contributed by atoms with Gasteiger partial charge in [0.05, 0.1) is 6.07 Å². The molecule has 0 rings (SSSR count). The van der Waals surface area contributed by atoms with Crippen LogP contribution in [0.5, 0.6) is 0 Å². The number of amides is 1. The van der Waals surface area contributed by atoms with Crippen molar-refractivity contribution in [2.24, 2.45) is 0 Å². The molecule has 0 atom stereocenters. The fraction of sp³-hybridized carbons (Fsp3) is 0.600. The zero-order valence-corrected chi connectivity index (χ0v) is 7.77. The SMILES string of the molecule is CCNC(=O)CC#N.[Na]. The molecule has 4 heteroatoms. The van der Waals surface area contributed by atoms with E-state index < -0.39 is 0 Å². The first-order valence-corrected chi connectivity index (χ1v) is 2.45. The van der Waals surface area contributed by atoms with Gasteiger partial charge in [0, 0.05) is 36.1 Å². The van der Waals surface area contributed by atoms with Crippen molar-refractivity contribution in [2.75, 3.05) is 6.54 Å². The molecule has 0 aromatic rings. The van der Waals surface area contributed by atoms with E-state index in [1.807, 2.05) is 6.92 Å². The number of hydrogen-bond acceptors (Lipinski definition) is 2. The van der Waals surface area contributed by atoms with Crippen LogP contribution in [0.4, 0.5) is 0 Å². The Hall–Kier alpha value is -0.0400. The second-order valence-electron chi connectivity index (χ2n) is 1.29. The van der Waals surface area contributed by atoms with E-state index in [1.165, 1.54) is 0 Å². The molecule has 3 nitrogen and oxygen atoms in total.